The molecule has 2 unspecified atom stereocenters. The molecule has 65 heavy (non-hydrogen) atoms. The fraction of sp³-hybridized carbons (Fsp3) is 0.864. The van der Waals surface area contributed by atoms with Crippen molar-refractivity contribution in [2.45, 2.75) is 315 Å². The van der Waals surface area contributed by atoms with Crippen LogP contribution in [0.15, 0.2) is 36.5 Å². The maximum atomic E-state index is 12.5. The molecule has 382 valence electrons. The second kappa shape index (κ2) is 54.7. The number of carbonyl (C=O) groups excluding carboxylic acids is 2. The first-order valence-electron chi connectivity index (χ1n) is 28.7. The number of nitrogens with one attached hydrogen (secondary N) is 1. The molecule has 0 aliphatic carbocycles. The molecule has 2 atom stereocenters. The molecule has 6 heteroatoms. The maximum Gasteiger partial charge on any atom is 0.305 e. The van der Waals surface area contributed by atoms with Gasteiger partial charge in [0.25, 0.3) is 0 Å². The fourth-order valence-corrected chi connectivity index (χ4v) is 8.77. The molecule has 6 nitrogen and oxygen atoms in total. The van der Waals surface area contributed by atoms with Gasteiger partial charge in [0.15, 0.2) is 0 Å². The second-order valence-corrected chi connectivity index (χ2v) is 19.6. The molecule has 0 saturated heterocycles. The molecule has 0 rings (SSSR count). The largest absolute Gasteiger partial charge is 0.465 e. The lowest BCUT2D eigenvalue weighted by atomic mass is 10.0. The quantitative estimate of drug-likeness (QED) is 0.0321. The molecule has 0 radical (unpaired) electrons. The highest BCUT2D eigenvalue weighted by atomic mass is 16.5. The normalized spacial score (nSPS) is 12.9. The molecule has 1 amide bonds. The van der Waals surface area contributed by atoms with Gasteiger partial charge in [-0.05, 0) is 70.6 Å². The monoisotopic (exact) mass is 914 g/mol. The van der Waals surface area contributed by atoms with E-state index in [9.17, 15) is 19.8 Å². The summed E-state index contributed by atoms with van der Waals surface area (Å²) in [5.41, 5.74) is 0. The van der Waals surface area contributed by atoms with Gasteiger partial charge < -0.3 is 20.3 Å². The molecule has 0 aliphatic rings. The lowest BCUT2D eigenvalue weighted by Gasteiger charge is -2.22. The van der Waals surface area contributed by atoms with Gasteiger partial charge in [-0.15, -0.1) is 0 Å². The number of hydrogen-bond donors (Lipinski definition) is 3. The van der Waals surface area contributed by atoms with Gasteiger partial charge in [-0.1, -0.05) is 256 Å². The summed E-state index contributed by atoms with van der Waals surface area (Å²) in [4.78, 5) is 24.4. The number of hydrogen-bond acceptors (Lipinski definition) is 5. The van der Waals surface area contributed by atoms with Gasteiger partial charge >= 0.3 is 5.97 Å². The Morgan fingerprint density at radius 2 is 0.769 bits per heavy atom. The van der Waals surface area contributed by atoms with Crippen LogP contribution >= 0.6 is 0 Å². The van der Waals surface area contributed by atoms with Crippen LogP contribution in [0.1, 0.15) is 303 Å². The number of carbonyl (C=O) groups is 2. The van der Waals surface area contributed by atoms with Crippen molar-refractivity contribution in [2.24, 2.45) is 0 Å². The molecule has 0 aromatic heterocycles. The van der Waals surface area contributed by atoms with Crippen molar-refractivity contribution in [2.75, 3.05) is 13.2 Å². The van der Waals surface area contributed by atoms with E-state index in [1.165, 1.54) is 218 Å². The first-order valence-corrected chi connectivity index (χ1v) is 28.7. The van der Waals surface area contributed by atoms with Gasteiger partial charge in [0, 0.05) is 12.8 Å². The zero-order valence-corrected chi connectivity index (χ0v) is 43.5. The molecule has 0 heterocycles. The minimum atomic E-state index is -0.667. The molecule has 0 saturated carbocycles. The van der Waals surface area contributed by atoms with Crippen LogP contribution in [0.5, 0.6) is 0 Å². The first-order chi connectivity index (χ1) is 32.0. The molecule has 0 aromatic rings. The number of ether oxygens (including phenoxy) is 1. The molecule has 0 aromatic carbocycles. The third-order valence-electron chi connectivity index (χ3n) is 13.2. The molecular weight excluding hydrogens is 803 g/mol. The van der Waals surface area contributed by atoms with Crippen molar-refractivity contribution < 1.29 is 24.5 Å². The summed E-state index contributed by atoms with van der Waals surface area (Å²) in [7, 11) is 0. The average molecular weight is 915 g/mol. The van der Waals surface area contributed by atoms with E-state index in [-0.39, 0.29) is 18.5 Å². The van der Waals surface area contributed by atoms with Crippen molar-refractivity contribution in [1.29, 1.82) is 0 Å². The van der Waals surface area contributed by atoms with Crippen molar-refractivity contribution in [3.8, 4) is 0 Å². The van der Waals surface area contributed by atoms with E-state index in [0.29, 0.717) is 25.9 Å². The van der Waals surface area contributed by atoms with Crippen molar-refractivity contribution in [1.82, 2.24) is 5.32 Å². The molecular formula is C59H111NO5. The minimum absolute atomic E-state index is 0.0394. The molecule has 0 aliphatic heterocycles. The summed E-state index contributed by atoms with van der Waals surface area (Å²) in [6, 6.07) is -0.545. The summed E-state index contributed by atoms with van der Waals surface area (Å²) >= 11 is 0. The van der Waals surface area contributed by atoms with Crippen LogP contribution in [-0.2, 0) is 14.3 Å². The highest BCUT2D eigenvalue weighted by molar-refractivity contribution is 5.76. The van der Waals surface area contributed by atoms with E-state index in [0.717, 1.165) is 51.4 Å². The Bertz CT molecular complexity index is 1060. The Morgan fingerprint density at radius 3 is 1.20 bits per heavy atom. The number of aliphatic hydroxyl groups excluding tert-OH is 2. The zero-order chi connectivity index (χ0) is 47.2. The Kier molecular flexibility index (Phi) is 53.1. The summed E-state index contributed by atoms with van der Waals surface area (Å²) < 4.78 is 5.40. The third-order valence-corrected chi connectivity index (χ3v) is 13.2. The standard InChI is InChI=1S/C59H111NO5/c1-3-5-7-9-11-13-15-17-28-31-35-39-43-47-51-57(62)56(55-61)60-58(63)52-48-44-40-36-32-29-25-23-21-19-18-20-22-24-26-30-34-38-42-46-50-54-65-59(64)53-49-45-41-37-33-27-16-14-12-10-8-6-4-2/h14,16,30,34,42,46,56-57,61-62H,3-13,15,17-29,31-33,35-41,43-45,47-55H2,1-2H3,(H,60,63)/b16-14-,34-30-,46-42-. The smallest absolute Gasteiger partial charge is 0.305 e. The van der Waals surface area contributed by atoms with Gasteiger partial charge in [0.1, 0.15) is 0 Å². The molecule has 3 N–H and O–H groups in total. The fourth-order valence-electron chi connectivity index (χ4n) is 8.77. The van der Waals surface area contributed by atoms with Gasteiger partial charge in [-0.2, -0.15) is 0 Å². The van der Waals surface area contributed by atoms with Gasteiger partial charge in [0.05, 0.1) is 25.4 Å². The van der Waals surface area contributed by atoms with Crippen molar-refractivity contribution in [3.05, 3.63) is 36.5 Å². The van der Waals surface area contributed by atoms with Crippen LogP contribution in [0, 0.1) is 0 Å². The highest BCUT2D eigenvalue weighted by Gasteiger charge is 2.20. The second-order valence-electron chi connectivity index (χ2n) is 19.6. The number of rotatable bonds is 53. The van der Waals surface area contributed by atoms with Gasteiger partial charge in [-0.25, -0.2) is 0 Å². The maximum absolute atomic E-state index is 12.5. The Balaban J connectivity index is 3.46. The Labute approximate surface area is 404 Å². The Hall–Kier alpha value is -1.92. The predicted octanol–water partition coefficient (Wildman–Crippen LogP) is 17.6. The van der Waals surface area contributed by atoms with Crippen LogP contribution in [0.2, 0.25) is 0 Å². The first kappa shape index (κ1) is 63.1. The van der Waals surface area contributed by atoms with E-state index >= 15 is 0 Å². The summed E-state index contributed by atoms with van der Waals surface area (Å²) in [5.74, 6) is -0.0840. The number of amides is 1. The van der Waals surface area contributed by atoms with E-state index < -0.39 is 12.1 Å². The summed E-state index contributed by atoms with van der Waals surface area (Å²) in [6.45, 7) is 4.83. The average Bonchev–Trinajstić information content (AvgIpc) is 3.31. The number of esters is 1. The van der Waals surface area contributed by atoms with E-state index in [1.54, 1.807) is 0 Å². The molecule has 0 fully saturated rings. The third kappa shape index (κ3) is 51.3. The summed E-state index contributed by atoms with van der Waals surface area (Å²) in [5, 5.41) is 23.2. The Morgan fingerprint density at radius 1 is 0.431 bits per heavy atom. The topological polar surface area (TPSA) is 95.9 Å². The van der Waals surface area contributed by atoms with Crippen LogP contribution in [0.4, 0.5) is 0 Å². The van der Waals surface area contributed by atoms with Crippen LogP contribution < -0.4 is 5.32 Å². The van der Waals surface area contributed by atoms with Gasteiger partial charge in [0.2, 0.25) is 5.91 Å². The number of aliphatic hydroxyl groups is 2. The van der Waals surface area contributed by atoms with E-state index in [2.05, 4.69) is 55.6 Å². The number of allylic oxidation sites excluding steroid dienone is 5. The van der Waals surface area contributed by atoms with Crippen molar-refractivity contribution in [3.63, 3.8) is 0 Å². The SMILES string of the molecule is CCCCCC/C=C\CCCCCCCC(=O)OCC/C=C\C/C=C\CCCCCCCCCCCCCCCCC(=O)NC(CO)C(O)CCCCCCCCCCCCCCCC. The van der Waals surface area contributed by atoms with E-state index in [1.807, 2.05) is 0 Å². The molecule has 0 spiro atoms. The van der Waals surface area contributed by atoms with Gasteiger partial charge in [-0.3, -0.25) is 9.59 Å². The minimum Gasteiger partial charge on any atom is -0.465 e. The summed E-state index contributed by atoms with van der Waals surface area (Å²) in [6.07, 6.45) is 67.2. The molecule has 0 bridgehead atoms. The van der Waals surface area contributed by atoms with E-state index in [4.69, 9.17) is 4.74 Å². The van der Waals surface area contributed by atoms with Crippen molar-refractivity contribution >= 4 is 11.9 Å². The van der Waals surface area contributed by atoms with Crippen LogP contribution in [-0.4, -0.2) is 47.4 Å². The lowest BCUT2D eigenvalue weighted by molar-refractivity contribution is -0.143. The predicted molar refractivity (Wildman–Crippen MR) is 283 cm³/mol. The van der Waals surface area contributed by atoms with Crippen LogP contribution in [0.3, 0.4) is 0 Å². The zero-order valence-electron chi connectivity index (χ0n) is 43.5. The lowest BCUT2D eigenvalue weighted by Crippen LogP contribution is -2.45. The van der Waals surface area contributed by atoms with Crippen LogP contribution in [0.25, 0.3) is 0 Å². The highest BCUT2D eigenvalue weighted by Crippen LogP contribution is 2.17. The number of unbranched alkanes of at least 4 members (excludes halogenated alkanes) is 36.